The van der Waals surface area contributed by atoms with Crippen molar-refractivity contribution in [2.45, 2.75) is 32.5 Å². The highest BCUT2D eigenvalue weighted by Gasteiger charge is 2.33. The molecule has 182 valence electrons. The minimum absolute atomic E-state index is 0.0643. The second kappa shape index (κ2) is 9.47. The smallest absolute Gasteiger partial charge is 0.403 e. The third-order valence-corrected chi connectivity index (χ3v) is 4.77. The number of ketones is 1. The average Bonchev–Trinajstić information content (AvgIpc) is 2.68. The number of carbonyl (C=O) groups excluding carboxylic acids is 1. The Morgan fingerprint density at radius 1 is 0.765 bits per heavy atom. The van der Waals surface area contributed by atoms with Crippen LogP contribution >= 0.6 is 0 Å². The maximum atomic E-state index is 14.0. The topological polar surface area (TPSA) is 35.5 Å². The van der Waals surface area contributed by atoms with E-state index in [0.717, 1.165) is 36.4 Å². The van der Waals surface area contributed by atoms with E-state index in [1.807, 2.05) is 6.92 Å². The molecule has 1 aliphatic rings. The molecule has 0 amide bonds. The van der Waals surface area contributed by atoms with Gasteiger partial charge in [-0.2, -0.15) is 0 Å². The Hall–Kier alpha value is -3.37. The average molecular weight is 492 g/mol. The lowest BCUT2D eigenvalue weighted by Gasteiger charge is -2.23. The second-order valence-electron chi connectivity index (χ2n) is 7.66. The van der Waals surface area contributed by atoms with Crippen molar-refractivity contribution in [3.63, 3.8) is 0 Å². The first-order chi connectivity index (χ1) is 15.7. The van der Waals surface area contributed by atoms with Gasteiger partial charge < -0.3 is 9.47 Å². The fourth-order valence-corrected chi connectivity index (χ4v) is 3.49. The van der Waals surface area contributed by atoms with E-state index in [9.17, 15) is 39.9 Å². The van der Waals surface area contributed by atoms with Crippen LogP contribution in [0.1, 0.15) is 30.9 Å². The number of halogens is 8. The first kappa shape index (κ1) is 25.3. The molecule has 0 radical (unpaired) electrons. The third-order valence-electron chi connectivity index (χ3n) is 4.77. The molecule has 11 heteroatoms. The van der Waals surface area contributed by atoms with Gasteiger partial charge in [0.05, 0.1) is 0 Å². The van der Waals surface area contributed by atoms with Crippen molar-refractivity contribution >= 4 is 17.9 Å². The molecule has 3 rings (SSSR count). The number of ether oxygens (including phenoxy) is 2. The van der Waals surface area contributed by atoms with Crippen LogP contribution in [0.15, 0.2) is 47.5 Å². The number of rotatable bonds is 4. The van der Waals surface area contributed by atoms with Gasteiger partial charge in [0.2, 0.25) is 0 Å². The molecule has 2 aromatic carbocycles. The summed E-state index contributed by atoms with van der Waals surface area (Å²) in [7, 11) is 0. The number of carbonyl (C=O) groups is 1. The maximum absolute atomic E-state index is 14.0. The predicted octanol–water partition coefficient (Wildman–Crippen LogP) is 7.23. The van der Waals surface area contributed by atoms with Gasteiger partial charge >= 0.3 is 12.7 Å². The minimum Gasteiger partial charge on any atom is -0.403 e. The first-order valence-corrected chi connectivity index (χ1v) is 9.76. The summed E-state index contributed by atoms with van der Waals surface area (Å²) in [6, 6.07) is 5.47. The van der Waals surface area contributed by atoms with Gasteiger partial charge in [-0.25, -0.2) is 8.78 Å². The van der Waals surface area contributed by atoms with Crippen LogP contribution in [0.5, 0.6) is 11.5 Å². The summed E-state index contributed by atoms with van der Waals surface area (Å²) in [5.74, 6) is -5.08. The Morgan fingerprint density at radius 3 is 1.47 bits per heavy atom. The van der Waals surface area contributed by atoms with E-state index < -0.39 is 41.6 Å². The molecule has 0 N–H and O–H groups in total. The lowest BCUT2D eigenvalue weighted by atomic mass is 9.81. The summed E-state index contributed by atoms with van der Waals surface area (Å²) in [6.07, 6.45) is -6.88. The van der Waals surface area contributed by atoms with Gasteiger partial charge in [0.15, 0.2) is 28.9 Å². The maximum Gasteiger partial charge on any atom is 0.573 e. The Kier molecular flexibility index (Phi) is 7.04. The van der Waals surface area contributed by atoms with E-state index in [0.29, 0.717) is 12.8 Å². The summed E-state index contributed by atoms with van der Waals surface area (Å²) < 4.78 is 109. The van der Waals surface area contributed by atoms with Crippen molar-refractivity contribution in [1.82, 2.24) is 0 Å². The Morgan fingerprint density at radius 2 is 1.15 bits per heavy atom. The van der Waals surface area contributed by atoms with Crippen LogP contribution in [0.25, 0.3) is 12.2 Å². The highest BCUT2D eigenvalue weighted by Crippen LogP contribution is 2.34. The standard InChI is InChI=1S/C23H16F8O3/c1-12-6-15(8-13-2-4-19(17(24)10-13)33-22(26,27)28)21(32)16(7-12)9-14-3-5-20(18(25)11-14)34-23(29,30)31/h2-5,8-12H,6-7H2,1H3. The molecule has 0 aromatic heterocycles. The van der Waals surface area contributed by atoms with Gasteiger partial charge in [-0.1, -0.05) is 19.1 Å². The van der Waals surface area contributed by atoms with Crippen LogP contribution in [0.2, 0.25) is 0 Å². The van der Waals surface area contributed by atoms with Gasteiger partial charge in [0, 0.05) is 11.1 Å². The summed E-state index contributed by atoms with van der Waals surface area (Å²) >= 11 is 0. The van der Waals surface area contributed by atoms with E-state index in [2.05, 4.69) is 9.47 Å². The summed E-state index contributed by atoms with van der Waals surface area (Å²) in [5, 5.41) is 0. The van der Waals surface area contributed by atoms with Crippen molar-refractivity contribution in [3.05, 3.63) is 70.3 Å². The number of Topliss-reactive ketones (excluding diaryl/α,β-unsaturated/α-hetero) is 1. The van der Waals surface area contributed by atoms with Gasteiger partial charge in [-0.15, -0.1) is 26.3 Å². The number of allylic oxidation sites excluding steroid dienone is 2. The zero-order valence-electron chi connectivity index (χ0n) is 17.4. The van der Waals surface area contributed by atoms with Gasteiger partial charge in [0.25, 0.3) is 0 Å². The monoisotopic (exact) mass is 492 g/mol. The van der Waals surface area contributed by atoms with Crippen molar-refractivity contribution in [1.29, 1.82) is 0 Å². The van der Waals surface area contributed by atoms with Gasteiger partial charge in [0.1, 0.15) is 0 Å². The fraction of sp³-hybridized carbons (Fsp3) is 0.261. The summed E-state index contributed by atoms with van der Waals surface area (Å²) in [6.45, 7) is 1.82. The van der Waals surface area contributed by atoms with Gasteiger partial charge in [-0.3, -0.25) is 4.79 Å². The lowest BCUT2D eigenvalue weighted by Crippen LogP contribution is -2.18. The lowest BCUT2D eigenvalue weighted by molar-refractivity contribution is -0.276. The quantitative estimate of drug-likeness (QED) is 0.334. The van der Waals surface area contributed by atoms with Gasteiger partial charge in [-0.05, 0) is 66.3 Å². The molecule has 1 fully saturated rings. The number of benzene rings is 2. The molecular weight excluding hydrogens is 476 g/mol. The number of hydrogen-bond acceptors (Lipinski definition) is 3. The van der Waals surface area contributed by atoms with E-state index in [-0.39, 0.29) is 28.2 Å². The predicted molar refractivity (Wildman–Crippen MR) is 106 cm³/mol. The SMILES string of the molecule is CC1CC(=Cc2ccc(OC(F)(F)F)c(F)c2)C(=O)C(=Cc2ccc(OC(F)(F)F)c(F)c2)C1. The molecule has 0 heterocycles. The minimum atomic E-state index is -5.06. The van der Waals surface area contributed by atoms with Crippen LogP contribution < -0.4 is 9.47 Å². The van der Waals surface area contributed by atoms with Crippen molar-refractivity contribution < 1.29 is 49.4 Å². The molecule has 0 atom stereocenters. The van der Waals surface area contributed by atoms with Crippen molar-refractivity contribution in [3.8, 4) is 11.5 Å². The Bertz CT molecular complexity index is 1060. The zero-order chi connectivity index (χ0) is 25.3. The highest BCUT2D eigenvalue weighted by molar-refractivity contribution is 6.14. The summed E-state index contributed by atoms with van der Waals surface area (Å²) in [5.41, 5.74) is 0.741. The Labute approximate surface area is 188 Å². The second-order valence-corrected chi connectivity index (χ2v) is 7.66. The molecule has 3 nitrogen and oxygen atoms in total. The molecule has 1 saturated carbocycles. The van der Waals surface area contributed by atoms with E-state index in [1.54, 1.807) is 0 Å². The molecular formula is C23H16F8O3. The highest BCUT2D eigenvalue weighted by atomic mass is 19.4. The molecule has 1 aliphatic carbocycles. The molecule has 0 saturated heterocycles. The van der Waals surface area contributed by atoms with Crippen LogP contribution in [-0.4, -0.2) is 18.5 Å². The molecule has 0 spiro atoms. The fourth-order valence-electron chi connectivity index (χ4n) is 3.49. The molecule has 0 bridgehead atoms. The van der Waals surface area contributed by atoms with E-state index >= 15 is 0 Å². The summed E-state index contributed by atoms with van der Waals surface area (Å²) in [4.78, 5) is 12.9. The number of alkyl halides is 6. The molecule has 2 aromatic rings. The van der Waals surface area contributed by atoms with Crippen LogP contribution in [-0.2, 0) is 4.79 Å². The third kappa shape index (κ3) is 6.82. The van der Waals surface area contributed by atoms with Crippen LogP contribution in [0.4, 0.5) is 35.1 Å². The van der Waals surface area contributed by atoms with Crippen LogP contribution in [0, 0.1) is 17.6 Å². The molecule has 34 heavy (non-hydrogen) atoms. The Balaban J connectivity index is 1.86. The molecule has 0 unspecified atom stereocenters. The largest absolute Gasteiger partial charge is 0.573 e. The van der Waals surface area contributed by atoms with Crippen molar-refractivity contribution in [2.75, 3.05) is 0 Å². The molecule has 0 aliphatic heterocycles. The zero-order valence-corrected chi connectivity index (χ0v) is 17.4. The normalized spacial score (nSPS) is 19.6. The first-order valence-electron chi connectivity index (χ1n) is 9.76. The van der Waals surface area contributed by atoms with E-state index in [1.165, 1.54) is 12.2 Å². The van der Waals surface area contributed by atoms with Crippen LogP contribution in [0.3, 0.4) is 0 Å². The van der Waals surface area contributed by atoms with Crippen molar-refractivity contribution in [2.24, 2.45) is 5.92 Å². The number of hydrogen-bond donors (Lipinski definition) is 0. The van der Waals surface area contributed by atoms with E-state index in [4.69, 9.17) is 0 Å².